The van der Waals surface area contributed by atoms with Crippen molar-refractivity contribution in [3.05, 3.63) is 138 Å². The first-order chi connectivity index (χ1) is 22.9. The van der Waals surface area contributed by atoms with Gasteiger partial charge < -0.3 is 9.13 Å². The summed E-state index contributed by atoms with van der Waals surface area (Å²) in [6, 6.07) is 40.0. The van der Waals surface area contributed by atoms with E-state index < -0.39 is 0 Å². The fourth-order valence-electron chi connectivity index (χ4n) is 7.78. The van der Waals surface area contributed by atoms with E-state index in [1.807, 2.05) is 6.07 Å². The van der Waals surface area contributed by atoms with Crippen LogP contribution in [0.2, 0.25) is 0 Å². The Balaban J connectivity index is 1.01. The molecular formula is C43H36N4. The van der Waals surface area contributed by atoms with Crippen molar-refractivity contribution in [2.45, 2.75) is 32.1 Å². The molecule has 0 atom stereocenters. The average Bonchev–Trinajstić information content (AvgIpc) is 3.71. The van der Waals surface area contributed by atoms with Crippen molar-refractivity contribution in [1.82, 2.24) is 19.1 Å². The molecule has 0 fully saturated rings. The number of aryl methyl sites for hydroxylation is 1. The van der Waals surface area contributed by atoms with E-state index in [1.54, 1.807) is 0 Å². The summed E-state index contributed by atoms with van der Waals surface area (Å²) >= 11 is 0. The van der Waals surface area contributed by atoms with Crippen LogP contribution in [-0.4, -0.2) is 19.1 Å². The molecule has 0 spiro atoms. The van der Waals surface area contributed by atoms with Gasteiger partial charge in [-0.3, -0.25) is 0 Å². The summed E-state index contributed by atoms with van der Waals surface area (Å²) in [4.78, 5) is 9.84. The van der Waals surface area contributed by atoms with Crippen LogP contribution in [0.1, 0.15) is 42.8 Å². The molecule has 7 aromatic rings. The largest absolute Gasteiger partial charge is 0.331 e. The fraction of sp³-hybridized carbons (Fsp3) is 0.163. The highest BCUT2D eigenvalue weighted by molar-refractivity contribution is 5.86. The molecule has 2 aliphatic rings. The van der Waals surface area contributed by atoms with Crippen LogP contribution in [0.4, 0.5) is 0 Å². The van der Waals surface area contributed by atoms with Crippen LogP contribution in [0.3, 0.4) is 0 Å². The van der Waals surface area contributed by atoms with Gasteiger partial charge in [-0.25, -0.2) is 9.97 Å². The molecule has 228 valence electrons. The van der Waals surface area contributed by atoms with Gasteiger partial charge in [0.05, 0.1) is 16.7 Å². The minimum Gasteiger partial charge on any atom is -0.331 e. The Bertz CT molecular complexity index is 2380. The lowest BCUT2D eigenvalue weighted by atomic mass is 9.81. The van der Waals surface area contributed by atoms with E-state index in [1.165, 1.54) is 50.2 Å². The summed E-state index contributed by atoms with van der Waals surface area (Å²) < 4.78 is 4.43. The molecule has 4 heteroatoms. The lowest BCUT2D eigenvalue weighted by Crippen LogP contribution is -2.15. The van der Waals surface area contributed by atoms with Crippen molar-refractivity contribution >= 4 is 17.1 Å². The second kappa shape index (κ2) is 10.3. The van der Waals surface area contributed by atoms with Crippen LogP contribution in [0.25, 0.3) is 73.3 Å². The van der Waals surface area contributed by atoms with Crippen LogP contribution in [-0.2, 0) is 25.9 Å². The quantitative estimate of drug-likeness (QED) is 0.199. The standard InChI is InChI=1S/C43H36N4/c1-43(2)35-25-31(27-13-17-29(18-14-27)41-44-37-9-5-7-11-39(37)46(41)3)21-23-33(35)34-24-22-32(26-36(34)43)28-15-19-30(20-16-28)42-45-38-10-6-8-12-40(38)47(42)4/h5-7,9-11,13-26H,8,12H2,1-4H3. The highest BCUT2D eigenvalue weighted by atomic mass is 15.1. The summed E-state index contributed by atoms with van der Waals surface area (Å²) in [7, 11) is 4.23. The summed E-state index contributed by atoms with van der Waals surface area (Å²) in [5.41, 5.74) is 17.1. The lowest BCUT2D eigenvalue weighted by Gasteiger charge is -2.22. The Morgan fingerprint density at radius 1 is 0.574 bits per heavy atom. The SMILES string of the molecule is Cn1c(-c2ccc(-c3ccc4c(c3)C(C)(C)c3cc(-c5ccc(-c6nc7ccccc7n6C)cc5)ccc3-4)cc2)nc2c1CCC=C2. The maximum absolute atomic E-state index is 4.94. The number of allylic oxidation sites excluding steroid dienone is 1. The highest BCUT2D eigenvalue weighted by Crippen LogP contribution is 2.50. The van der Waals surface area contributed by atoms with E-state index in [4.69, 9.17) is 9.97 Å². The molecule has 0 saturated heterocycles. The van der Waals surface area contributed by atoms with E-state index in [2.05, 4.69) is 152 Å². The van der Waals surface area contributed by atoms with Crippen LogP contribution in [0.15, 0.2) is 115 Å². The zero-order chi connectivity index (χ0) is 31.9. The molecule has 0 aliphatic heterocycles. The summed E-state index contributed by atoms with van der Waals surface area (Å²) in [6.45, 7) is 4.72. The van der Waals surface area contributed by atoms with Crippen molar-refractivity contribution in [2.75, 3.05) is 0 Å². The van der Waals surface area contributed by atoms with E-state index >= 15 is 0 Å². The number of benzene rings is 5. The van der Waals surface area contributed by atoms with Crippen LogP contribution < -0.4 is 0 Å². The number of hydrogen-bond donors (Lipinski definition) is 0. The minimum atomic E-state index is -0.108. The summed E-state index contributed by atoms with van der Waals surface area (Å²) in [5, 5.41) is 0. The highest BCUT2D eigenvalue weighted by Gasteiger charge is 2.36. The van der Waals surface area contributed by atoms with Crippen molar-refractivity contribution in [1.29, 1.82) is 0 Å². The first kappa shape index (κ1) is 27.8. The van der Waals surface area contributed by atoms with E-state index in [9.17, 15) is 0 Å². The number of aromatic nitrogens is 4. The number of para-hydroxylation sites is 2. The lowest BCUT2D eigenvalue weighted by molar-refractivity contribution is 0.661. The van der Waals surface area contributed by atoms with Crippen molar-refractivity contribution in [3.63, 3.8) is 0 Å². The number of nitrogens with zero attached hydrogens (tertiary/aromatic N) is 4. The van der Waals surface area contributed by atoms with Gasteiger partial charge in [-0.1, -0.05) is 105 Å². The van der Waals surface area contributed by atoms with E-state index in [0.29, 0.717) is 0 Å². The first-order valence-electron chi connectivity index (χ1n) is 16.5. The van der Waals surface area contributed by atoms with Crippen molar-refractivity contribution < 1.29 is 0 Å². The zero-order valence-electron chi connectivity index (χ0n) is 27.3. The second-order valence-electron chi connectivity index (χ2n) is 13.6. The van der Waals surface area contributed by atoms with Gasteiger partial charge in [0.25, 0.3) is 0 Å². The molecule has 0 radical (unpaired) electrons. The Hall–Kier alpha value is -5.48. The molecule has 2 heterocycles. The maximum Gasteiger partial charge on any atom is 0.140 e. The molecule has 0 unspecified atom stereocenters. The Labute approximate surface area is 275 Å². The van der Waals surface area contributed by atoms with Gasteiger partial charge in [0.1, 0.15) is 11.6 Å². The van der Waals surface area contributed by atoms with Gasteiger partial charge in [0.15, 0.2) is 0 Å². The minimum absolute atomic E-state index is 0.108. The molecular weight excluding hydrogens is 573 g/mol. The topological polar surface area (TPSA) is 35.6 Å². The molecule has 0 saturated carbocycles. The van der Waals surface area contributed by atoms with Gasteiger partial charge in [-0.05, 0) is 87.7 Å². The molecule has 0 N–H and O–H groups in total. The Kier molecular flexibility index (Phi) is 6.07. The van der Waals surface area contributed by atoms with Crippen LogP contribution in [0, 0.1) is 0 Å². The maximum atomic E-state index is 4.94. The molecule has 2 aliphatic carbocycles. The number of rotatable bonds is 4. The first-order valence-corrected chi connectivity index (χ1v) is 16.5. The number of hydrogen-bond acceptors (Lipinski definition) is 2. The summed E-state index contributed by atoms with van der Waals surface area (Å²) in [6.07, 6.45) is 6.52. The fourth-order valence-corrected chi connectivity index (χ4v) is 7.78. The van der Waals surface area contributed by atoms with E-state index in [-0.39, 0.29) is 5.41 Å². The molecule has 0 amide bonds. The second-order valence-corrected chi connectivity index (χ2v) is 13.6. The molecule has 2 aromatic heterocycles. The Morgan fingerprint density at radius 2 is 1.11 bits per heavy atom. The molecule has 4 nitrogen and oxygen atoms in total. The predicted octanol–water partition coefficient (Wildman–Crippen LogP) is 10.2. The Morgan fingerprint density at radius 3 is 1.68 bits per heavy atom. The molecule has 47 heavy (non-hydrogen) atoms. The average molecular weight is 609 g/mol. The number of imidazole rings is 2. The van der Waals surface area contributed by atoms with Crippen LogP contribution in [0.5, 0.6) is 0 Å². The molecule has 0 bridgehead atoms. The monoisotopic (exact) mass is 608 g/mol. The van der Waals surface area contributed by atoms with Crippen LogP contribution >= 0.6 is 0 Å². The zero-order valence-corrected chi connectivity index (χ0v) is 27.3. The van der Waals surface area contributed by atoms with Crippen molar-refractivity contribution in [2.24, 2.45) is 14.1 Å². The smallest absolute Gasteiger partial charge is 0.140 e. The van der Waals surface area contributed by atoms with Crippen molar-refractivity contribution in [3.8, 4) is 56.2 Å². The summed E-state index contributed by atoms with van der Waals surface area (Å²) in [5.74, 6) is 2.02. The number of fused-ring (bicyclic) bond motifs is 5. The third-order valence-corrected chi connectivity index (χ3v) is 10.5. The third-order valence-electron chi connectivity index (χ3n) is 10.5. The normalized spacial score (nSPS) is 14.3. The molecule has 9 rings (SSSR count). The van der Waals surface area contributed by atoms with Gasteiger partial charge in [-0.15, -0.1) is 0 Å². The third kappa shape index (κ3) is 4.28. The predicted molar refractivity (Wildman–Crippen MR) is 194 cm³/mol. The molecule has 5 aromatic carbocycles. The van der Waals surface area contributed by atoms with E-state index in [0.717, 1.165) is 52.3 Å². The van der Waals surface area contributed by atoms with Gasteiger partial charge >= 0.3 is 0 Å². The van der Waals surface area contributed by atoms with Gasteiger partial charge in [0, 0.05) is 36.3 Å². The van der Waals surface area contributed by atoms with Gasteiger partial charge in [-0.2, -0.15) is 0 Å². The van der Waals surface area contributed by atoms with Gasteiger partial charge in [0.2, 0.25) is 0 Å².